The van der Waals surface area contributed by atoms with Crippen LogP contribution in [0.5, 0.6) is 0 Å². The zero-order valence-electron chi connectivity index (χ0n) is 13.4. The average molecular weight is 346 g/mol. The fraction of sp³-hybridized carbons (Fsp3) is 0.294. The Morgan fingerprint density at radius 3 is 2.42 bits per heavy atom. The molecule has 0 unspecified atom stereocenters. The Labute approximate surface area is 140 Å². The maximum atomic E-state index is 12.7. The van der Waals surface area contributed by atoms with Crippen molar-refractivity contribution in [1.29, 1.82) is 0 Å². The second kappa shape index (κ2) is 5.59. The van der Waals surface area contributed by atoms with Crippen molar-refractivity contribution in [2.75, 3.05) is 18.6 Å². The van der Waals surface area contributed by atoms with Crippen LogP contribution in [0.1, 0.15) is 12.5 Å². The standard InChI is InChI=1S/C17H18N2O4S/c1-17(14-8-7-12-5-3-4-6-13(12)11-14)15(20)19(16(21)18-17)9-10-24(2,22)23/h3-8,11H,9-10H2,1-2H3,(H,18,21)/t17-/m0/s1. The summed E-state index contributed by atoms with van der Waals surface area (Å²) in [6.45, 7) is 1.49. The third-order valence-electron chi connectivity index (χ3n) is 4.29. The summed E-state index contributed by atoms with van der Waals surface area (Å²) in [5, 5.41) is 4.69. The lowest BCUT2D eigenvalue weighted by molar-refractivity contribution is -0.130. The van der Waals surface area contributed by atoms with Gasteiger partial charge in [0, 0.05) is 12.8 Å². The van der Waals surface area contributed by atoms with Gasteiger partial charge in [0.1, 0.15) is 15.4 Å². The number of carbonyl (C=O) groups excluding carboxylic acids is 2. The van der Waals surface area contributed by atoms with Gasteiger partial charge >= 0.3 is 6.03 Å². The molecular weight excluding hydrogens is 328 g/mol. The molecule has 0 aromatic heterocycles. The van der Waals surface area contributed by atoms with Crippen molar-refractivity contribution in [3.05, 3.63) is 48.0 Å². The van der Waals surface area contributed by atoms with Crippen LogP contribution >= 0.6 is 0 Å². The van der Waals surface area contributed by atoms with Crippen molar-refractivity contribution in [1.82, 2.24) is 10.2 Å². The van der Waals surface area contributed by atoms with Gasteiger partial charge in [0.15, 0.2) is 0 Å². The van der Waals surface area contributed by atoms with Crippen molar-refractivity contribution in [2.24, 2.45) is 0 Å². The van der Waals surface area contributed by atoms with E-state index in [2.05, 4.69) is 5.32 Å². The molecule has 1 fully saturated rings. The second-order valence-corrected chi connectivity index (χ2v) is 8.46. The molecule has 3 rings (SSSR count). The van der Waals surface area contributed by atoms with Crippen molar-refractivity contribution in [3.63, 3.8) is 0 Å². The quantitative estimate of drug-likeness (QED) is 0.853. The van der Waals surface area contributed by atoms with E-state index in [1.807, 2.05) is 36.4 Å². The van der Waals surface area contributed by atoms with E-state index in [1.165, 1.54) is 0 Å². The van der Waals surface area contributed by atoms with Gasteiger partial charge in [0.25, 0.3) is 5.91 Å². The maximum Gasteiger partial charge on any atom is 0.325 e. The van der Waals surface area contributed by atoms with Gasteiger partial charge in [-0.1, -0.05) is 36.4 Å². The van der Waals surface area contributed by atoms with E-state index in [0.717, 1.165) is 21.9 Å². The first-order valence-electron chi connectivity index (χ1n) is 7.52. The Hall–Kier alpha value is -2.41. The normalized spacial score (nSPS) is 21.3. The molecule has 0 saturated carbocycles. The van der Waals surface area contributed by atoms with E-state index in [1.54, 1.807) is 13.0 Å². The first kappa shape index (κ1) is 16.4. The van der Waals surface area contributed by atoms with Gasteiger partial charge in [0.2, 0.25) is 0 Å². The number of nitrogens with one attached hydrogen (secondary N) is 1. The average Bonchev–Trinajstić information content (AvgIpc) is 2.74. The fourth-order valence-electron chi connectivity index (χ4n) is 2.85. The van der Waals surface area contributed by atoms with Crippen LogP contribution in [0.4, 0.5) is 4.79 Å². The van der Waals surface area contributed by atoms with E-state index in [-0.39, 0.29) is 12.3 Å². The summed E-state index contributed by atoms with van der Waals surface area (Å²) in [4.78, 5) is 25.9. The molecule has 2 aromatic rings. The fourth-order valence-corrected chi connectivity index (χ4v) is 3.37. The van der Waals surface area contributed by atoms with Crippen molar-refractivity contribution >= 4 is 32.5 Å². The molecule has 1 aliphatic rings. The monoisotopic (exact) mass is 346 g/mol. The topological polar surface area (TPSA) is 83.6 Å². The predicted octanol–water partition coefficient (Wildman–Crippen LogP) is 1.65. The van der Waals surface area contributed by atoms with Crippen LogP contribution in [-0.2, 0) is 20.2 Å². The number of urea groups is 1. The number of nitrogens with zero attached hydrogens (tertiary/aromatic N) is 1. The van der Waals surface area contributed by atoms with Gasteiger partial charge in [0.05, 0.1) is 5.75 Å². The van der Waals surface area contributed by atoms with E-state index in [0.29, 0.717) is 5.56 Å². The van der Waals surface area contributed by atoms with E-state index >= 15 is 0 Å². The number of benzene rings is 2. The van der Waals surface area contributed by atoms with Gasteiger partial charge < -0.3 is 5.32 Å². The molecule has 1 aliphatic heterocycles. The zero-order chi connectivity index (χ0) is 17.5. The smallest absolute Gasteiger partial charge is 0.319 e. The van der Waals surface area contributed by atoms with Crippen molar-refractivity contribution < 1.29 is 18.0 Å². The molecule has 24 heavy (non-hydrogen) atoms. The number of carbonyl (C=O) groups is 2. The predicted molar refractivity (Wildman–Crippen MR) is 91.3 cm³/mol. The van der Waals surface area contributed by atoms with Crippen LogP contribution in [0, 0.1) is 0 Å². The summed E-state index contributed by atoms with van der Waals surface area (Å²) in [5.41, 5.74) is -0.528. The van der Waals surface area contributed by atoms with Crippen LogP contribution in [0.3, 0.4) is 0 Å². The molecular formula is C17H18N2O4S. The Morgan fingerprint density at radius 1 is 1.08 bits per heavy atom. The van der Waals surface area contributed by atoms with Crippen LogP contribution in [0.25, 0.3) is 10.8 Å². The van der Waals surface area contributed by atoms with Gasteiger partial charge in [-0.25, -0.2) is 13.2 Å². The summed E-state index contributed by atoms with van der Waals surface area (Å²) < 4.78 is 22.6. The summed E-state index contributed by atoms with van der Waals surface area (Å²) in [6, 6.07) is 12.7. The number of amides is 3. The van der Waals surface area contributed by atoms with Gasteiger partial charge in [-0.15, -0.1) is 0 Å². The summed E-state index contributed by atoms with van der Waals surface area (Å²) in [6.07, 6.45) is 1.08. The highest BCUT2D eigenvalue weighted by Gasteiger charge is 2.48. The van der Waals surface area contributed by atoms with Gasteiger partial charge in [-0.05, 0) is 29.3 Å². The van der Waals surface area contributed by atoms with E-state index in [9.17, 15) is 18.0 Å². The summed E-state index contributed by atoms with van der Waals surface area (Å²) in [5.74, 6) is -0.689. The first-order chi connectivity index (χ1) is 11.2. The largest absolute Gasteiger partial charge is 0.325 e. The highest BCUT2D eigenvalue weighted by molar-refractivity contribution is 7.90. The Balaban J connectivity index is 1.94. The van der Waals surface area contributed by atoms with Crippen LogP contribution in [0.2, 0.25) is 0 Å². The third kappa shape index (κ3) is 2.87. The lowest BCUT2D eigenvalue weighted by Crippen LogP contribution is -2.41. The van der Waals surface area contributed by atoms with Crippen molar-refractivity contribution in [3.8, 4) is 0 Å². The molecule has 1 N–H and O–H groups in total. The number of fused-ring (bicyclic) bond motifs is 1. The van der Waals surface area contributed by atoms with Gasteiger partial charge in [-0.3, -0.25) is 9.69 Å². The van der Waals surface area contributed by atoms with Crippen LogP contribution in [0.15, 0.2) is 42.5 Å². The minimum atomic E-state index is -3.26. The van der Waals surface area contributed by atoms with E-state index in [4.69, 9.17) is 0 Å². The SMILES string of the molecule is C[C@@]1(c2ccc3ccccc3c2)NC(=O)N(CCS(C)(=O)=O)C1=O. The minimum Gasteiger partial charge on any atom is -0.319 e. The number of imide groups is 1. The Bertz CT molecular complexity index is 939. The zero-order valence-corrected chi connectivity index (χ0v) is 14.3. The maximum absolute atomic E-state index is 12.7. The molecule has 0 bridgehead atoms. The van der Waals surface area contributed by atoms with Crippen LogP contribution in [-0.4, -0.2) is 43.8 Å². The molecule has 6 nitrogen and oxygen atoms in total. The molecule has 0 aliphatic carbocycles. The Kier molecular flexibility index (Phi) is 3.83. The molecule has 1 atom stereocenters. The molecule has 0 spiro atoms. The number of hydrogen-bond acceptors (Lipinski definition) is 4. The molecule has 126 valence electrons. The first-order valence-corrected chi connectivity index (χ1v) is 9.58. The highest BCUT2D eigenvalue weighted by atomic mass is 32.2. The molecule has 0 radical (unpaired) electrons. The molecule has 2 aromatic carbocycles. The van der Waals surface area contributed by atoms with Gasteiger partial charge in [-0.2, -0.15) is 0 Å². The highest BCUT2D eigenvalue weighted by Crippen LogP contribution is 2.30. The third-order valence-corrected chi connectivity index (χ3v) is 5.21. The number of hydrogen-bond donors (Lipinski definition) is 1. The van der Waals surface area contributed by atoms with E-state index < -0.39 is 27.3 Å². The molecule has 1 saturated heterocycles. The van der Waals surface area contributed by atoms with Crippen LogP contribution < -0.4 is 5.32 Å². The lowest BCUT2D eigenvalue weighted by Gasteiger charge is -2.22. The molecule has 3 amide bonds. The lowest BCUT2D eigenvalue weighted by atomic mass is 9.90. The number of sulfone groups is 1. The Morgan fingerprint density at radius 2 is 1.75 bits per heavy atom. The summed E-state index contributed by atoms with van der Waals surface area (Å²) in [7, 11) is -3.26. The minimum absolute atomic E-state index is 0.146. The summed E-state index contributed by atoms with van der Waals surface area (Å²) >= 11 is 0. The molecule has 1 heterocycles. The second-order valence-electron chi connectivity index (χ2n) is 6.20. The molecule has 7 heteroatoms. The number of rotatable bonds is 4. The van der Waals surface area contributed by atoms with Crippen molar-refractivity contribution in [2.45, 2.75) is 12.5 Å².